The van der Waals surface area contributed by atoms with E-state index in [-0.39, 0.29) is 6.04 Å². The molecule has 0 saturated carbocycles. The fraction of sp³-hybridized carbons (Fsp3) is 0.250. The number of benzene rings is 2. The molecule has 0 aromatic heterocycles. The van der Waals surface area contributed by atoms with Gasteiger partial charge in [0.15, 0.2) is 9.84 Å². The minimum absolute atomic E-state index is 0.0176. The van der Waals surface area contributed by atoms with Crippen LogP contribution in [0.15, 0.2) is 63.2 Å². The molecular formula is C16H19NO2S2. The summed E-state index contributed by atoms with van der Waals surface area (Å²) in [7, 11) is -3.15. The number of nitrogens with two attached hydrogens (primary N) is 1. The molecule has 0 aliphatic rings. The molecule has 0 fully saturated rings. The molecular weight excluding hydrogens is 302 g/mol. The van der Waals surface area contributed by atoms with E-state index in [4.69, 9.17) is 5.73 Å². The summed E-state index contributed by atoms with van der Waals surface area (Å²) in [6.45, 7) is 2.06. The highest BCUT2D eigenvalue weighted by molar-refractivity contribution is 7.99. The van der Waals surface area contributed by atoms with Gasteiger partial charge < -0.3 is 5.73 Å². The first-order valence-electron chi connectivity index (χ1n) is 6.74. The molecule has 0 saturated heterocycles. The smallest absolute Gasteiger partial charge is 0.175 e. The first-order valence-corrected chi connectivity index (χ1v) is 9.45. The summed E-state index contributed by atoms with van der Waals surface area (Å²) in [6.07, 6.45) is 2.09. The average molecular weight is 321 g/mol. The largest absolute Gasteiger partial charge is 0.324 e. The van der Waals surface area contributed by atoms with Gasteiger partial charge in [-0.05, 0) is 42.3 Å². The van der Waals surface area contributed by atoms with Crippen molar-refractivity contribution in [1.82, 2.24) is 0 Å². The molecule has 0 radical (unpaired) electrons. The van der Waals surface area contributed by atoms with Crippen LogP contribution < -0.4 is 5.73 Å². The van der Waals surface area contributed by atoms with Crippen molar-refractivity contribution in [1.29, 1.82) is 0 Å². The van der Waals surface area contributed by atoms with Crippen LogP contribution in [-0.2, 0) is 9.84 Å². The highest BCUT2D eigenvalue weighted by atomic mass is 32.2. The van der Waals surface area contributed by atoms with Gasteiger partial charge in [0.05, 0.1) is 4.90 Å². The maximum absolute atomic E-state index is 11.5. The molecule has 2 aromatic carbocycles. The van der Waals surface area contributed by atoms with Gasteiger partial charge in [0.25, 0.3) is 0 Å². The summed E-state index contributed by atoms with van der Waals surface area (Å²) in [5.74, 6) is 0. The summed E-state index contributed by atoms with van der Waals surface area (Å²) < 4.78 is 22.9. The Hall–Kier alpha value is -1.30. The van der Waals surface area contributed by atoms with Gasteiger partial charge in [-0.2, -0.15) is 0 Å². The second kappa shape index (κ2) is 6.64. The molecule has 2 N–H and O–H groups in total. The van der Waals surface area contributed by atoms with Crippen LogP contribution in [-0.4, -0.2) is 14.7 Å². The Kier molecular flexibility index (Phi) is 5.08. The van der Waals surface area contributed by atoms with E-state index < -0.39 is 9.84 Å². The van der Waals surface area contributed by atoms with Crippen molar-refractivity contribution in [3.8, 4) is 0 Å². The molecule has 2 aromatic rings. The van der Waals surface area contributed by atoms with E-state index in [1.807, 2.05) is 36.4 Å². The van der Waals surface area contributed by atoms with Crippen molar-refractivity contribution in [2.45, 2.75) is 34.1 Å². The molecule has 1 atom stereocenters. The van der Waals surface area contributed by atoms with E-state index in [9.17, 15) is 8.42 Å². The third-order valence-electron chi connectivity index (χ3n) is 3.24. The van der Waals surface area contributed by atoms with E-state index in [0.29, 0.717) is 4.90 Å². The van der Waals surface area contributed by atoms with Gasteiger partial charge in [-0.1, -0.05) is 36.9 Å². The molecule has 0 amide bonds. The lowest BCUT2D eigenvalue weighted by molar-refractivity contribution is 0.602. The first kappa shape index (κ1) is 16.1. The van der Waals surface area contributed by atoms with Crippen LogP contribution in [0.1, 0.15) is 24.9 Å². The van der Waals surface area contributed by atoms with Gasteiger partial charge in [-0.15, -0.1) is 0 Å². The Balaban J connectivity index is 2.27. The third-order valence-corrected chi connectivity index (χ3v) is 5.47. The fourth-order valence-electron chi connectivity index (χ4n) is 1.98. The number of hydrogen-bond donors (Lipinski definition) is 1. The fourth-order valence-corrected chi connectivity index (χ4v) is 3.62. The Morgan fingerprint density at radius 1 is 1.10 bits per heavy atom. The zero-order valence-corrected chi connectivity index (χ0v) is 13.7. The molecule has 0 heterocycles. The lowest BCUT2D eigenvalue weighted by Crippen LogP contribution is -2.09. The molecule has 5 heteroatoms. The van der Waals surface area contributed by atoms with Crippen LogP contribution in [0.4, 0.5) is 0 Å². The molecule has 0 aliphatic heterocycles. The van der Waals surface area contributed by atoms with Gasteiger partial charge in [-0.25, -0.2) is 8.42 Å². The summed E-state index contributed by atoms with van der Waals surface area (Å²) in [5, 5.41) is 0. The van der Waals surface area contributed by atoms with Crippen molar-refractivity contribution in [2.75, 3.05) is 6.26 Å². The Labute approximate surface area is 130 Å². The standard InChI is InChI=1S/C16H19NO2S2/c1-3-15(17)14-6-4-5-7-16(14)20-12-8-10-13(11-9-12)21(2,18)19/h4-11,15H,3,17H2,1-2H3/t15-/m0/s1. The van der Waals surface area contributed by atoms with Gasteiger partial charge >= 0.3 is 0 Å². The minimum Gasteiger partial charge on any atom is -0.324 e. The van der Waals surface area contributed by atoms with Crippen molar-refractivity contribution < 1.29 is 8.42 Å². The zero-order chi connectivity index (χ0) is 15.5. The van der Waals surface area contributed by atoms with Crippen LogP contribution in [0.25, 0.3) is 0 Å². The predicted octanol–water partition coefficient (Wildman–Crippen LogP) is 3.65. The first-order chi connectivity index (χ1) is 9.91. The van der Waals surface area contributed by atoms with Crippen LogP contribution in [0.3, 0.4) is 0 Å². The molecule has 3 nitrogen and oxygen atoms in total. The highest BCUT2D eigenvalue weighted by Gasteiger charge is 2.11. The van der Waals surface area contributed by atoms with E-state index in [1.165, 1.54) is 6.26 Å². The Bertz CT molecular complexity index is 709. The second-order valence-electron chi connectivity index (χ2n) is 4.90. The predicted molar refractivity (Wildman–Crippen MR) is 87.3 cm³/mol. The number of rotatable bonds is 5. The Morgan fingerprint density at radius 3 is 2.29 bits per heavy atom. The van der Waals surface area contributed by atoms with Crippen LogP contribution in [0.5, 0.6) is 0 Å². The van der Waals surface area contributed by atoms with Crippen molar-refractivity contribution in [3.63, 3.8) is 0 Å². The van der Waals surface area contributed by atoms with E-state index in [0.717, 1.165) is 21.8 Å². The van der Waals surface area contributed by atoms with Gasteiger partial charge in [0.1, 0.15) is 0 Å². The molecule has 21 heavy (non-hydrogen) atoms. The van der Waals surface area contributed by atoms with E-state index in [1.54, 1.807) is 23.9 Å². The third kappa shape index (κ3) is 4.09. The summed E-state index contributed by atoms with van der Waals surface area (Å²) in [5.41, 5.74) is 7.26. The van der Waals surface area contributed by atoms with Crippen LogP contribution >= 0.6 is 11.8 Å². The van der Waals surface area contributed by atoms with Crippen molar-refractivity contribution in [3.05, 3.63) is 54.1 Å². The van der Waals surface area contributed by atoms with E-state index >= 15 is 0 Å². The van der Waals surface area contributed by atoms with E-state index in [2.05, 4.69) is 6.92 Å². The highest BCUT2D eigenvalue weighted by Crippen LogP contribution is 2.33. The van der Waals surface area contributed by atoms with Gasteiger partial charge in [0, 0.05) is 22.1 Å². The van der Waals surface area contributed by atoms with Crippen LogP contribution in [0.2, 0.25) is 0 Å². The Morgan fingerprint density at radius 2 is 1.71 bits per heavy atom. The normalized spacial score (nSPS) is 13.1. The van der Waals surface area contributed by atoms with Crippen molar-refractivity contribution in [2.24, 2.45) is 5.73 Å². The lowest BCUT2D eigenvalue weighted by atomic mass is 10.1. The molecule has 0 spiro atoms. The van der Waals surface area contributed by atoms with Gasteiger partial charge in [0.2, 0.25) is 0 Å². The quantitative estimate of drug-likeness (QED) is 0.913. The topological polar surface area (TPSA) is 60.2 Å². The van der Waals surface area contributed by atoms with Gasteiger partial charge in [-0.3, -0.25) is 0 Å². The molecule has 0 aliphatic carbocycles. The van der Waals surface area contributed by atoms with Crippen LogP contribution in [0, 0.1) is 0 Å². The SMILES string of the molecule is CC[C@H](N)c1ccccc1Sc1ccc(S(C)(=O)=O)cc1. The number of hydrogen-bond acceptors (Lipinski definition) is 4. The number of sulfone groups is 1. The maximum Gasteiger partial charge on any atom is 0.175 e. The zero-order valence-electron chi connectivity index (χ0n) is 12.1. The second-order valence-corrected chi connectivity index (χ2v) is 8.03. The molecule has 112 valence electrons. The lowest BCUT2D eigenvalue weighted by Gasteiger charge is -2.14. The summed E-state index contributed by atoms with van der Waals surface area (Å²) in [4.78, 5) is 2.45. The average Bonchev–Trinajstić information content (AvgIpc) is 2.46. The monoisotopic (exact) mass is 321 g/mol. The summed E-state index contributed by atoms with van der Waals surface area (Å²) in [6, 6.07) is 15.0. The maximum atomic E-state index is 11.5. The molecule has 0 bridgehead atoms. The minimum atomic E-state index is -3.15. The van der Waals surface area contributed by atoms with Crippen molar-refractivity contribution >= 4 is 21.6 Å². The molecule has 0 unspecified atom stereocenters. The molecule has 2 rings (SSSR count). The summed E-state index contributed by atoms with van der Waals surface area (Å²) >= 11 is 1.60.